The van der Waals surface area contributed by atoms with Crippen LogP contribution in [0.15, 0.2) is 24.3 Å². The van der Waals surface area contributed by atoms with Gasteiger partial charge in [0.05, 0.1) is 6.42 Å². The highest BCUT2D eigenvalue weighted by Gasteiger charge is 2.30. The fourth-order valence-corrected chi connectivity index (χ4v) is 2.65. The van der Waals surface area contributed by atoms with Crippen molar-refractivity contribution in [3.8, 4) is 0 Å². The predicted octanol–water partition coefficient (Wildman–Crippen LogP) is 1.37. The average molecular weight is 326 g/mol. The van der Waals surface area contributed by atoms with Crippen LogP contribution in [0.5, 0.6) is 0 Å². The summed E-state index contributed by atoms with van der Waals surface area (Å²) in [6, 6.07) is 5.99. The van der Waals surface area contributed by atoms with Crippen LogP contribution < -0.4 is 5.32 Å². The molecule has 0 aromatic heterocycles. The molecule has 0 bridgehead atoms. The van der Waals surface area contributed by atoms with Gasteiger partial charge in [-0.1, -0.05) is 17.7 Å². The molecule has 1 atom stereocenters. The Hall–Kier alpha value is -1.63. The van der Waals surface area contributed by atoms with E-state index in [4.69, 9.17) is 11.6 Å². The minimum Gasteiger partial charge on any atom is -0.480 e. The average Bonchev–Trinajstić information content (AvgIpc) is 2.45. The van der Waals surface area contributed by atoms with Gasteiger partial charge >= 0.3 is 5.97 Å². The Morgan fingerprint density at radius 1 is 1.32 bits per heavy atom. The number of rotatable bonds is 5. The number of halogens is 1. The normalized spacial score (nSPS) is 17.9. The van der Waals surface area contributed by atoms with Crippen LogP contribution in [-0.4, -0.2) is 66.1 Å². The van der Waals surface area contributed by atoms with Crippen molar-refractivity contribution in [2.45, 2.75) is 12.5 Å². The highest BCUT2D eigenvalue weighted by Crippen LogP contribution is 2.16. The number of aliphatic carboxylic acids is 1. The minimum absolute atomic E-state index is 0.0778. The fraction of sp³-hybridized carbons (Fsp3) is 0.467. The number of amides is 1. The lowest BCUT2D eigenvalue weighted by molar-refractivity contribution is -0.145. The molecule has 0 spiro atoms. The molecule has 2 rings (SSSR count). The molecule has 22 heavy (non-hydrogen) atoms. The van der Waals surface area contributed by atoms with Gasteiger partial charge in [0.2, 0.25) is 5.91 Å². The number of likely N-dealkylation sites (N-methyl/N-ethyl adjacent to an activating group) is 1. The summed E-state index contributed by atoms with van der Waals surface area (Å²) in [4.78, 5) is 27.5. The highest BCUT2D eigenvalue weighted by molar-refractivity contribution is 6.30. The monoisotopic (exact) mass is 325 g/mol. The Morgan fingerprint density at radius 2 is 2.00 bits per heavy atom. The van der Waals surface area contributed by atoms with Gasteiger partial charge in [-0.25, -0.2) is 0 Å². The molecule has 6 nitrogen and oxygen atoms in total. The lowest BCUT2D eigenvalue weighted by atomic mass is 10.1. The number of benzene rings is 1. The van der Waals surface area contributed by atoms with Crippen molar-refractivity contribution in [2.24, 2.45) is 0 Å². The zero-order valence-corrected chi connectivity index (χ0v) is 13.2. The first kappa shape index (κ1) is 16.7. The molecular weight excluding hydrogens is 306 g/mol. The molecule has 1 aromatic rings. The van der Waals surface area contributed by atoms with E-state index >= 15 is 0 Å². The number of carboxylic acid groups (broad SMARTS) is 1. The quantitative estimate of drug-likeness (QED) is 0.855. The second-order valence-corrected chi connectivity index (χ2v) is 5.89. The van der Waals surface area contributed by atoms with Gasteiger partial charge in [-0.3, -0.25) is 14.5 Å². The van der Waals surface area contributed by atoms with E-state index in [1.807, 2.05) is 11.9 Å². The minimum atomic E-state index is -0.967. The summed E-state index contributed by atoms with van der Waals surface area (Å²) in [6.45, 7) is 2.91. The van der Waals surface area contributed by atoms with E-state index < -0.39 is 12.0 Å². The zero-order valence-electron chi connectivity index (χ0n) is 12.5. The van der Waals surface area contributed by atoms with E-state index in [-0.39, 0.29) is 12.3 Å². The smallest absolute Gasteiger partial charge is 0.321 e. The number of hydrogen-bond donors (Lipinski definition) is 2. The summed E-state index contributed by atoms with van der Waals surface area (Å²) in [5, 5.41) is 12.6. The molecule has 120 valence electrons. The Balaban J connectivity index is 1.95. The predicted molar refractivity (Wildman–Crippen MR) is 85.2 cm³/mol. The molecule has 1 fully saturated rings. The zero-order chi connectivity index (χ0) is 16.1. The van der Waals surface area contributed by atoms with Gasteiger partial charge in [-0.15, -0.1) is 0 Å². The maximum Gasteiger partial charge on any atom is 0.321 e. The molecule has 7 heteroatoms. The molecule has 1 aliphatic heterocycles. The maximum absolute atomic E-state index is 12.1. The van der Waals surface area contributed by atoms with E-state index in [0.717, 1.165) is 13.1 Å². The fourth-order valence-electron chi connectivity index (χ4n) is 2.46. The van der Waals surface area contributed by atoms with Crippen LogP contribution in [0.4, 0.5) is 5.69 Å². The van der Waals surface area contributed by atoms with Crippen molar-refractivity contribution >= 4 is 29.2 Å². The van der Waals surface area contributed by atoms with Gasteiger partial charge in [-0.05, 0) is 25.2 Å². The van der Waals surface area contributed by atoms with E-state index in [2.05, 4.69) is 10.2 Å². The summed E-state index contributed by atoms with van der Waals surface area (Å²) >= 11 is 5.86. The Bertz CT molecular complexity index is 545. The highest BCUT2D eigenvalue weighted by atomic mass is 35.5. The lowest BCUT2D eigenvalue weighted by Crippen LogP contribution is -2.52. The van der Waals surface area contributed by atoms with Crippen molar-refractivity contribution in [3.63, 3.8) is 0 Å². The van der Waals surface area contributed by atoms with Crippen molar-refractivity contribution < 1.29 is 14.7 Å². The molecule has 1 aromatic carbocycles. The first-order chi connectivity index (χ1) is 10.5. The van der Waals surface area contributed by atoms with Crippen LogP contribution in [0, 0.1) is 0 Å². The number of carbonyl (C=O) groups excluding carboxylic acids is 1. The van der Waals surface area contributed by atoms with Crippen LogP contribution in [0.3, 0.4) is 0 Å². The van der Waals surface area contributed by atoms with E-state index in [9.17, 15) is 14.7 Å². The summed E-state index contributed by atoms with van der Waals surface area (Å²) < 4.78 is 0. The van der Waals surface area contributed by atoms with Crippen LogP contribution >= 0.6 is 11.6 Å². The molecular formula is C15H20ClN3O3. The Labute approximate surface area is 134 Å². The van der Waals surface area contributed by atoms with Crippen LogP contribution in [0.2, 0.25) is 5.02 Å². The number of hydrogen-bond acceptors (Lipinski definition) is 4. The number of anilines is 1. The first-order valence-corrected chi connectivity index (χ1v) is 7.54. The van der Waals surface area contributed by atoms with Gasteiger partial charge < -0.3 is 15.3 Å². The van der Waals surface area contributed by atoms with Crippen LogP contribution in [0.1, 0.15) is 6.42 Å². The third-order valence-corrected chi connectivity index (χ3v) is 3.99. The van der Waals surface area contributed by atoms with Gasteiger partial charge in [-0.2, -0.15) is 0 Å². The largest absolute Gasteiger partial charge is 0.480 e. The van der Waals surface area contributed by atoms with Crippen molar-refractivity contribution in [2.75, 3.05) is 38.5 Å². The third-order valence-electron chi connectivity index (χ3n) is 3.75. The van der Waals surface area contributed by atoms with E-state index in [0.29, 0.717) is 23.8 Å². The molecule has 2 N–H and O–H groups in total. The molecule has 1 aliphatic rings. The molecule has 0 unspecified atom stereocenters. The summed E-state index contributed by atoms with van der Waals surface area (Å²) in [5.41, 5.74) is 0.569. The van der Waals surface area contributed by atoms with Crippen LogP contribution in [-0.2, 0) is 9.59 Å². The number of carbonyl (C=O) groups is 2. The van der Waals surface area contributed by atoms with Gasteiger partial charge in [0.1, 0.15) is 6.04 Å². The maximum atomic E-state index is 12.1. The summed E-state index contributed by atoms with van der Waals surface area (Å²) in [5.74, 6) is -1.29. The molecule has 0 saturated carbocycles. The van der Waals surface area contributed by atoms with Gasteiger partial charge in [0.15, 0.2) is 0 Å². The van der Waals surface area contributed by atoms with Crippen molar-refractivity contribution in [1.82, 2.24) is 9.80 Å². The molecule has 1 heterocycles. The standard InChI is InChI=1S/C15H20ClN3O3/c1-18-5-7-19(8-6-18)13(15(21)22)10-14(20)17-12-4-2-3-11(16)9-12/h2-4,9,13H,5-8,10H2,1H3,(H,17,20)(H,21,22)/t13-/m0/s1. The second-order valence-electron chi connectivity index (χ2n) is 5.46. The number of piperazine rings is 1. The van der Waals surface area contributed by atoms with Crippen molar-refractivity contribution in [1.29, 1.82) is 0 Å². The third kappa shape index (κ3) is 4.69. The SMILES string of the molecule is CN1CCN([C@@H](CC(=O)Nc2cccc(Cl)c2)C(=O)O)CC1. The van der Waals surface area contributed by atoms with Gasteiger partial charge in [0.25, 0.3) is 0 Å². The van der Waals surface area contributed by atoms with E-state index in [1.165, 1.54) is 0 Å². The van der Waals surface area contributed by atoms with Gasteiger partial charge in [0, 0.05) is 36.9 Å². The Kier molecular flexibility index (Phi) is 5.76. The topological polar surface area (TPSA) is 72.9 Å². The number of nitrogens with one attached hydrogen (secondary N) is 1. The lowest BCUT2D eigenvalue weighted by Gasteiger charge is -2.35. The molecule has 1 amide bonds. The summed E-state index contributed by atoms with van der Waals surface area (Å²) in [6.07, 6.45) is -0.0778. The molecule has 0 radical (unpaired) electrons. The molecule has 1 saturated heterocycles. The number of nitrogens with zero attached hydrogens (tertiary/aromatic N) is 2. The van der Waals surface area contributed by atoms with Crippen LogP contribution in [0.25, 0.3) is 0 Å². The molecule has 0 aliphatic carbocycles. The Morgan fingerprint density at radius 3 is 2.59 bits per heavy atom. The first-order valence-electron chi connectivity index (χ1n) is 7.16. The number of carboxylic acids is 1. The van der Waals surface area contributed by atoms with Crippen molar-refractivity contribution in [3.05, 3.63) is 29.3 Å². The summed E-state index contributed by atoms with van der Waals surface area (Å²) in [7, 11) is 2.00. The second kappa shape index (κ2) is 7.58. The van der Waals surface area contributed by atoms with E-state index in [1.54, 1.807) is 24.3 Å².